The summed E-state index contributed by atoms with van der Waals surface area (Å²) < 4.78 is 1.19. The molecule has 0 aliphatic carbocycles. The second-order valence-corrected chi connectivity index (χ2v) is 7.57. The molecular weight excluding hydrogens is 442 g/mol. The van der Waals surface area contributed by atoms with Gasteiger partial charge < -0.3 is 4.48 Å². The second-order valence-electron chi connectivity index (χ2n) is 7.57. The average Bonchev–Trinajstić information content (AvgIpc) is 2.47. The van der Waals surface area contributed by atoms with Crippen molar-refractivity contribution in [3.05, 3.63) is 0 Å². The van der Waals surface area contributed by atoms with Gasteiger partial charge in [-0.25, -0.2) is 0 Å². The number of unbranched alkanes of at least 4 members (excludes halogenated alkanes) is 13. The molecule has 0 aromatic carbocycles. The zero-order valence-electron chi connectivity index (χ0n) is 16.5. The van der Waals surface area contributed by atoms with E-state index in [0.717, 1.165) is 0 Å². The van der Waals surface area contributed by atoms with Crippen LogP contribution in [0.25, 0.3) is 0 Å². The molecule has 23 heavy (non-hydrogen) atoms. The molecule has 0 aliphatic heterocycles. The van der Waals surface area contributed by atoms with Crippen molar-refractivity contribution in [2.45, 2.75) is 104 Å². The molecule has 1 nitrogen and oxygen atoms in total. The van der Waals surface area contributed by atoms with Crippen LogP contribution in [0.4, 0.5) is 0 Å². The van der Waals surface area contributed by atoms with E-state index in [2.05, 4.69) is 27.9 Å². The SMILES string of the molecule is Br.CCCCCCCCCCCCCCCC[N+](C)(C)CC.[Ag+2]. The van der Waals surface area contributed by atoms with Gasteiger partial charge in [0.2, 0.25) is 0 Å². The molecule has 0 saturated heterocycles. The van der Waals surface area contributed by atoms with Gasteiger partial charge in [-0.1, -0.05) is 84.0 Å². The first-order valence-electron chi connectivity index (χ1n) is 9.94. The van der Waals surface area contributed by atoms with Crippen molar-refractivity contribution in [1.82, 2.24) is 0 Å². The van der Waals surface area contributed by atoms with Gasteiger partial charge in [0.1, 0.15) is 0 Å². The predicted molar refractivity (Wildman–Crippen MR) is 108 cm³/mol. The molecule has 0 unspecified atom stereocenters. The van der Waals surface area contributed by atoms with E-state index in [1.165, 1.54) is 107 Å². The van der Waals surface area contributed by atoms with E-state index >= 15 is 0 Å². The topological polar surface area (TPSA) is 0 Å². The van der Waals surface area contributed by atoms with Crippen LogP contribution in [0, 0.1) is 0 Å². The van der Waals surface area contributed by atoms with E-state index in [1.807, 2.05) is 0 Å². The third-order valence-electron chi connectivity index (χ3n) is 4.97. The van der Waals surface area contributed by atoms with Gasteiger partial charge in [0.15, 0.2) is 0 Å². The molecule has 0 N–H and O–H groups in total. The number of halogens is 1. The van der Waals surface area contributed by atoms with Crippen molar-refractivity contribution in [3.8, 4) is 0 Å². The fourth-order valence-corrected chi connectivity index (χ4v) is 2.89. The maximum Gasteiger partial charge on any atom is 2.00 e. The third kappa shape index (κ3) is 23.2. The van der Waals surface area contributed by atoms with E-state index in [1.54, 1.807) is 0 Å². The van der Waals surface area contributed by atoms with E-state index in [0.29, 0.717) is 0 Å². The Hall–Kier alpha value is 1.18. The Morgan fingerprint density at radius 1 is 0.522 bits per heavy atom. The van der Waals surface area contributed by atoms with Crippen molar-refractivity contribution in [1.29, 1.82) is 0 Å². The Balaban J connectivity index is -0.00000200. The van der Waals surface area contributed by atoms with Crippen LogP contribution in [0.5, 0.6) is 0 Å². The molecule has 0 bridgehead atoms. The van der Waals surface area contributed by atoms with E-state index in [9.17, 15) is 0 Å². The monoisotopic (exact) mass is 485 g/mol. The molecule has 0 heterocycles. The molecular formula is C20H45AgBrN+3. The maximum absolute atomic E-state index is 2.35. The molecule has 0 fully saturated rings. The van der Waals surface area contributed by atoms with Crippen LogP contribution in [-0.2, 0) is 22.4 Å². The van der Waals surface area contributed by atoms with Gasteiger partial charge in [0.05, 0.1) is 27.2 Å². The fraction of sp³-hybridized carbons (Fsp3) is 1.00. The number of hydrogen-bond donors (Lipinski definition) is 0. The number of nitrogens with zero attached hydrogens (tertiary/aromatic N) is 1. The van der Waals surface area contributed by atoms with Crippen molar-refractivity contribution in [2.24, 2.45) is 0 Å². The van der Waals surface area contributed by atoms with Crippen molar-refractivity contribution >= 4 is 17.0 Å². The molecule has 0 aliphatic rings. The molecule has 0 aromatic heterocycles. The predicted octanol–water partition coefficient (Wildman–Crippen LogP) is 7.14. The van der Waals surface area contributed by atoms with Gasteiger partial charge in [0, 0.05) is 0 Å². The quantitative estimate of drug-likeness (QED) is 0.123. The van der Waals surface area contributed by atoms with Crippen LogP contribution in [0.1, 0.15) is 104 Å². The van der Waals surface area contributed by atoms with Crippen LogP contribution in [0.2, 0.25) is 0 Å². The van der Waals surface area contributed by atoms with E-state index in [-0.39, 0.29) is 39.4 Å². The smallest absolute Gasteiger partial charge is 0.329 e. The van der Waals surface area contributed by atoms with Gasteiger partial charge in [-0.3, -0.25) is 0 Å². The first-order valence-corrected chi connectivity index (χ1v) is 9.94. The summed E-state index contributed by atoms with van der Waals surface area (Å²) in [5.41, 5.74) is 0. The van der Waals surface area contributed by atoms with Crippen LogP contribution >= 0.6 is 17.0 Å². The minimum Gasteiger partial charge on any atom is -0.329 e. The molecule has 0 atom stereocenters. The number of hydrogen-bond acceptors (Lipinski definition) is 0. The zero-order valence-corrected chi connectivity index (χ0v) is 19.7. The molecule has 0 amide bonds. The standard InChI is InChI=1S/C20H44N.Ag.BrH/c1-5-7-8-9-10-11-12-13-14-15-16-17-18-19-20-21(3,4)6-2;;/h5-20H2,1-4H3;;1H/q+1;+2;. The summed E-state index contributed by atoms with van der Waals surface area (Å²) >= 11 is 0. The summed E-state index contributed by atoms with van der Waals surface area (Å²) in [6.07, 6.45) is 20.4. The van der Waals surface area contributed by atoms with Crippen LogP contribution in [0.15, 0.2) is 0 Å². The molecule has 0 rings (SSSR count). The Kier molecular flexibility index (Phi) is 26.7. The van der Waals surface area contributed by atoms with Gasteiger partial charge in [-0.2, -0.15) is 0 Å². The second kappa shape index (κ2) is 21.2. The summed E-state index contributed by atoms with van der Waals surface area (Å²) in [6, 6.07) is 0. The molecule has 0 spiro atoms. The summed E-state index contributed by atoms with van der Waals surface area (Å²) in [6.45, 7) is 7.21. The first-order chi connectivity index (χ1) is 10.1. The van der Waals surface area contributed by atoms with Gasteiger partial charge in [-0.15, -0.1) is 17.0 Å². The Morgan fingerprint density at radius 3 is 1.13 bits per heavy atom. The Labute approximate surface area is 174 Å². The minimum atomic E-state index is 0. The van der Waals surface area contributed by atoms with Crippen LogP contribution < -0.4 is 0 Å². The molecule has 145 valence electrons. The normalized spacial score (nSPS) is 11.0. The summed E-state index contributed by atoms with van der Waals surface area (Å²) in [5.74, 6) is 0. The zero-order chi connectivity index (χ0) is 15.8. The first kappa shape index (κ1) is 29.0. The summed E-state index contributed by atoms with van der Waals surface area (Å²) in [4.78, 5) is 0. The summed E-state index contributed by atoms with van der Waals surface area (Å²) in [7, 11) is 4.70. The maximum atomic E-state index is 2.35. The van der Waals surface area contributed by atoms with Gasteiger partial charge in [-0.05, 0) is 19.8 Å². The average molecular weight is 487 g/mol. The fourth-order valence-electron chi connectivity index (χ4n) is 2.89. The largest absolute Gasteiger partial charge is 2.00 e. The van der Waals surface area contributed by atoms with Crippen molar-refractivity contribution in [3.63, 3.8) is 0 Å². The number of rotatable bonds is 16. The molecule has 0 saturated carbocycles. The van der Waals surface area contributed by atoms with Crippen LogP contribution in [-0.4, -0.2) is 31.7 Å². The third-order valence-corrected chi connectivity index (χ3v) is 4.97. The Morgan fingerprint density at radius 2 is 0.826 bits per heavy atom. The molecule has 3 heteroatoms. The molecule has 1 radical (unpaired) electrons. The van der Waals surface area contributed by atoms with E-state index < -0.39 is 0 Å². The van der Waals surface area contributed by atoms with Gasteiger partial charge >= 0.3 is 22.4 Å². The minimum absolute atomic E-state index is 0. The van der Waals surface area contributed by atoms with Crippen molar-refractivity contribution in [2.75, 3.05) is 27.2 Å². The number of quaternary nitrogens is 1. The summed E-state index contributed by atoms with van der Waals surface area (Å²) in [5, 5.41) is 0. The molecule has 0 aromatic rings. The van der Waals surface area contributed by atoms with Crippen molar-refractivity contribution < 1.29 is 26.9 Å². The van der Waals surface area contributed by atoms with Crippen LogP contribution in [0.3, 0.4) is 0 Å². The Bertz CT molecular complexity index is 210. The van der Waals surface area contributed by atoms with Gasteiger partial charge in [0.25, 0.3) is 0 Å². The van der Waals surface area contributed by atoms with E-state index in [4.69, 9.17) is 0 Å².